The summed E-state index contributed by atoms with van der Waals surface area (Å²) in [5.41, 5.74) is 6.22. The number of hydrogen-bond acceptors (Lipinski definition) is 8. The minimum Gasteiger partial charge on any atom is -0.484 e. The number of para-hydroxylation sites is 1. The molecule has 0 spiro atoms. The number of carbonyl (C=O) groups is 6. The van der Waals surface area contributed by atoms with Gasteiger partial charge in [0.1, 0.15) is 36.0 Å². The Hall–Kier alpha value is -8.85. The predicted molar refractivity (Wildman–Crippen MR) is 269 cm³/mol. The first-order chi connectivity index (χ1) is 34.5. The van der Waals surface area contributed by atoms with E-state index in [4.69, 9.17) is 4.74 Å². The highest BCUT2D eigenvalue weighted by Gasteiger charge is 2.34. The Balaban J connectivity index is 1.15. The topological polar surface area (TPSA) is 221 Å². The number of carboxylic acids is 1. The third-order valence-corrected chi connectivity index (χ3v) is 12.4. The molecule has 15 nitrogen and oxygen atoms in total. The number of nitrogens with one attached hydrogen (secondary N) is 6. The van der Waals surface area contributed by atoms with Crippen molar-refractivity contribution in [2.75, 3.05) is 6.61 Å². The average molecular weight is 952 g/mol. The Morgan fingerprint density at radius 3 is 2.04 bits per heavy atom. The fourth-order valence-corrected chi connectivity index (χ4v) is 8.49. The van der Waals surface area contributed by atoms with E-state index in [0.717, 1.165) is 27.6 Å². The monoisotopic (exact) mass is 951 g/mol. The highest BCUT2D eigenvalue weighted by molar-refractivity contribution is 6.01. The summed E-state index contributed by atoms with van der Waals surface area (Å²) in [6.07, 6.45) is 5.03. The summed E-state index contributed by atoms with van der Waals surface area (Å²) in [7, 11) is 0. The van der Waals surface area contributed by atoms with E-state index in [2.05, 4.69) is 43.1 Å². The van der Waals surface area contributed by atoms with Crippen LogP contribution >= 0.6 is 0 Å². The van der Waals surface area contributed by atoms with Gasteiger partial charge in [-0.15, -0.1) is 0 Å². The fourth-order valence-electron chi connectivity index (χ4n) is 8.49. The van der Waals surface area contributed by atoms with Gasteiger partial charge in [0.2, 0.25) is 23.6 Å². The molecule has 2 aromatic heterocycles. The number of aromatic amines is 1. The number of carboxylic acid groups (broad SMARTS) is 1. The Morgan fingerprint density at radius 2 is 1.32 bits per heavy atom. The maximum Gasteiger partial charge on any atom is 0.326 e. The Bertz CT molecular complexity index is 3000. The van der Waals surface area contributed by atoms with Gasteiger partial charge < -0.3 is 41.4 Å². The number of aliphatic carboxylic acids is 1. The molecule has 0 saturated carbocycles. The lowest BCUT2D eigenvalue weighted by Gasteiger charge is -2.27. The minimum absolute atomic E-state index is 0.0435. The van der Waals surface area contributed by atoms with E-state index in [9.17, 15) is 33.9 Å². The van der Waals surface area contributed by atoms with Crippen LogP contribution in [-0.2, 0) is 54.5 Å². The highest BCUT2D eigenvalue weighted by atomic mass is 16.5. The van der Waals surface area contributed by atoms with Crippen molar-refractivity contribution >= 4 is 52.0 Å². The first-order valence-corrected chi connectivity index (χ1v) is 23.3. The van der Waals surface area contributed by atoms with Crippen molar-refractivity contribution in [3.8, 4) is 16.9 Å². The number of rotatable bonds is 13. The van der Waals surface area contributed by atoms with Gasteiger partial charge in [-0.25, -0.2) is 4.79 Å². The van der Waals surface area contributed by atoms with Gasteiger partial charge in [-0.2, -0.15) is 0 Å². The zero-order chi connectivity index (χ0) is 49.7. The van der Waals surface area contributed by atoms with Crippen molar-refractivity contribution in [2.24, 2.45) is 0 Å². The van der Waals surface area contributed by atoms with Crippen molar-refractivity contribution in [1.82, 2.24) is 36.6 Å². The second-order valence-electron chi connectivity index (χ2n) is 17.3. The summed E-state index contributed by atoms with van der Waals surface area (Å²) in [4.78, 5) is 92.3. The van der Waals surface area contributed by atoms with Crippen LogP contribution in [-0.4, -0.2) is 87.4 Å². The number of aryl methyl sites for hydroxylation is 1. The number of fused-ring (bicyclic) bond motifs is 17. The van der Waals surface area contributed by atoms with E-state index in [1.807, 2.05) is 109 Å². The van der Waals surface area contributed by atoms with Gasteiger partial charge in [-0.1, -0.05) is 122 Å². The maximum absolute atomic E-state index is 15.0. The van der Waals surface area contributed by atoms with Gasteiger partial charge in [-0.05, 0) is 87.7 Å². The number of benzene rings is 5. The molecular weight excluding hydrogens is 899 g/mol. The third-order valence-electron chi connectivity index (χ3n) is 12.4. The second-order valence-corrected chi connectivity index (χ2v) is 17.3. The third kappa shape index (κ3) is 12.8. The zero-order valence-corrected chi connectivity index (χ0v) is 38.7. The van der Waals surface area contributed by atoms with E-state index >= 15 is 0 Å². The molecule has 5 aromatic carbocycles. The number of ether oxygens (including phenoxy) is 1. The summed E-state index contributed by atoms with van der Waals surface area (Å²) >= 11 is 0. The number of nitrogens with zero attached hydrogens (tertiary/aromatic N) is 1. The van der Waals surface area contributed by atoms with Gasteiger partial charge in [0.25, 0.3) is 5.91 Å². The molecule has 7 aromatic rings. The Morgan fingerprint density at radius 1 is 0.690 bits per heavy atom. The van der Waals surface area contributed by atoms with Gasteiger partial charge >= 0.3 is 5.97 Å². The summed E-state index contributed by atoms with van der Waals surface area (Å²) in [6, 6.07) is 37.0. The van der Waals surface area contributed by atoms with Crippen molar-refractivity contribution in [3.05, 3.63) is 199 Å². The van der Waals surface area contributed by atoms with Crippen LogP contribution in [0.3, 0.4) is 0 Å². The van der Waals surface area contributed by atoms with Crippen molar-refractivity contribution in [1.29, 1.82) is 0 Å². The number of amides is 5. The molecule has 1 unspecified atom stereocenters. The summed E-state index contributed by atoms with van der Waals surface area (Å²) in [5.74, 6) is -4.63. The number of carbonyl (C=O) groups excluding carboxylic acids is 5. The van der Waals surface area contributed by atoms with E-state index < -0.39 is 72.3 Å². The average Bonchev–Trinajstić information content (AvgIpc) is 3.81. The van der Waals surface area contributed by atoms with Crippen molar-refractivity contribution < 1.29 is 38.6 Å². The fraction of sp³-hybridized carbons (Fsp3) is 0.196. The van der Waals surface area contributed by atoms with E-state index in [0.29, 0.717) is 34.4 Å². The smallest absolute Gasteiger partial charge is 0.326 e. The van der Waals surface area contributed by atoms with E-state index in [1.165, 1.54) is 12.4 Å². The molecule has 7 N–H and O–H groups in total. The lowest BCUT2D eigenvalue weighted by atomic mass is 9.97. The van der Waals surface area contributed by atoms with Crippen LogP contribution in [0.2, 0.25) is 0 Å². The molecule has 360 valence electrons. The van der Waals surface area contributed by atoms with Crippen LogP contribution < -0.4 is 31.3 Å². The quantitative estimate of drug-likeness (QED) is 0.0725. The molecular formula is C56H53N7O8. The van der Waals surface area contributed by atoms with Gasteiger partial charge in [0, 0.05) is 48.8 Å². The van der Waals surface area contributed by atoms with Crippen LogP contribution in [0.1, 0.15) is 34.2 Å². The number of hydrogen-bond donors (Lipinski definition) is 7. The molecule has 71 heavy (non-hydrogen) atoms. The predicted octanol–water partition coefficient (Wildman–Crippen LogP) is 5.51. The van der Waals surface area contributed by atoms with Crippen molar-refractivity contribution in [2.45, 2.75) is 62.3 Å². The SMILES string of the molecule is C=C(c1ccncc1)[C@@H]1NC(=O)COc2ccc(cc2)C[C@@H](C(=O)N[C@H](CCc2ccccc2)C(=O)O)NC(=O)C(Cc2c[nH]c3ccccc23)NC(=O)[C@@H](Cc2ccc(-c3ccccc3)cc2)NC1=O. The number of H-pyrrole nitrogens is 1. The standard InChI is InChI=1S/C56H53N7O8/c1-35(39-26-28-57-29-27-39)51-55(68)62-48(30-37-16-21-41(22-17-37)40-12-6-3-7-13-40)53(66)61-49(32-42-33-58-45-15-9-8-14-44(42)45)54(67)60-47(31-38-18-23-43(24-19-38)71-34-50(64)63-51)52(65)59-46(56(69)70)25-20-36-10-4-2-5-11-36/h2-19,21-24,26-29,33,46-49,51,58H,1,20,25,30-32,34H2,(H,59,65)(H,60,67)(H,61,66)(H,62,68)(H,63,64)(H,69,70)/t46-,47+,48-,49?,51+/m1/s1. The van der Waals surface area contributed by atoms with Crippen LogP contribution in [0.4, 0.5) is 0 Å². The molecule has 0 fully saturated rings. The Labute approximate surface area is 410 Å². The van der Waals surface area contributed by atoms with Crippen LogP contribution in [0.5, 0.6) is 5.75 Å². The van der Waals surface area contributed by atoms with E-state index in [-0.39, 0.29) is 31.3 Å². The lowest BCUT2D eigenvalue weighted by molar-refractivity contribution is -0.142. The molecule has 0 saturated heterocycles. The normalized spacial score (nSPS) is 18.3. The molecule has 4 heterocycles. The summed E-state index contributed by atoms with van der Waals surface area (Å²) < 4.78 is 5.83. The zero-order valence-electron chi connectivity index (χ0n) is 38.7. The minimum atomic E-state index is -1.39. The first-order valence-electron chi connectivity index (χ1n) is 23.3. The molecule has 0 aliphatic carbocycles. The molecule has 15 heteroatoms. The van der Waals surface area contributed by atoms with Gasteiger partial charge in [0.15, 0.2) is 6.61 Å². The van der Waals surface area contributed by atoms with Crippen LogP contribution in [0.15, 0.2) is 171 Å². The molecule has 2 aliphatic heterocycles. The number of pyridine rings is 1. The maximum atomic E-state index is 15.0. The second kappa shape index (κ2) is 23.0. The molecule has 2 bridgehead atoms. The molecule has 9 rings (SSSR count). The van der Waals surface area contributed by atoms with E-state index in [1.54, 1.807) is 42.6 Å². The summed E-state index contributed by atoms with van der Waals surface area (Å²) in [5, 5.41) is 25.0. The van der Waals surface area contributed by atoms with Gasteiger partial charge in [0.05, 0.1) is 0 Å². The first kappa shape index (κ1) is 48.6. The highest BCUT2D eigenvalue weighted by Crippen LogP contribution is 2.23. The summed E-state index contributed by atoms with van der Waals surface area (Å²) in [6.45, 7) is 3.67. The Kier molecular flexibility index (Phi) is 15.7. The van der Waals surface area contributed by atoms with Crippen LogP contribution in [0, 0.1) is 0 Å². The van der Waals surface area contributed by atoms with Crippen LogP contribution in [0.25, 0.3) is 27.6 Å². The van der Waals surface area contributed by atoms with Gasteiger partial charge in [-0.3, -0.25) is 29.0 Å². The molecule has 5 amide bonds. The largest absolute Gasteiger partial charge is 0.484 e. The van der Waals surface area contributed by atoms with Crippen molar-refractivity contribution in [3.63, 3.8) is 0 Å². The molecule has 0 radical (unpaired) electrons. The number of aromatic nitrogens is 2. The molecule has 2 aliphatic rings. The molecule has 5 atom stereocenters. The lowest BCUT2D eigenvalue weighted by Crippen LogP contribution is -2.60.